The van der Waals surface area contributed by atoms with Crippen molar-refractivity contribution in [1.82, 2.24) is 29.5 Å². The number of anilines is 1. The van der Waals surface area contributed by atoms with Crippen LogP contribution in [-0.2, 0) is 6.54 Å². The molecule has 8 nitrogen and oxygen atoms in total. The monoisotopic (exact) mass is 367 g/mol. The van der Waals surface area contributed by atoms with Gasteiger partial charge in [-0.05, 0) is 17.2 Å². The van der Waals surface area contributed by atoms with E-state index < -0.39 is 6.10 Å². The highest BCUT2D eigenvalue weighted by molar-refractivity contribution is 6.28. The fraction of sp³-hybridized carbons (Fsp3) is 0.118. The van der Waals surface area contributed by atoms with Crippen LogP contribution in [0.4, 0.5) is 5.95 Å². The third-order valence-corrected chi connectivity index (χ3v) is 4.10. The molecule has 4 aromatic rings. The number of nitrogens with two attached hydrogens (primary N) is 1. The molecule has 0 spiro atoms. The number of hydrogen-bond acceptors (Lipinski definition) is 7. The molecule has 0 aliphatic heterocycles. The topological polar surface area (TPSA) is 116 Å². The summed E-state index contributed by atoms with van der Waals surface area (Å²) in [5, 5.41) is 10.5. The molecular formula is C17H14ClN7O. The summed E-state index contributed by atoms with van der Waals surface area (Å²) in [7, 11) is 0. The molecule has 0 bridgehead atoms. The SMILES string of the molecule is Nc1ncc(-c2nc(Cl)nc3c2ncn3CC(O)c2ccccc2)cn1. The van der Waals surface area contributed by atoms with Gasteiger partial charge in [-0.2, -0.15) is 4.98 Å². The van der Waals surface area contributed by atoms with E-state index in [0.717, 1.165) is 5.56 Å². The van der Waals surface area contributed by atoms with Crippen molar-refractivity contribution in [1.29, 1.82) is 0 Å². The van der Waals surface area contributed by atoms with Crippen LogP contribution < -0.4 is 5.73 Å². The Morgan fingerprint density at radius 1 is 1.08 bits per heavy atom. The number of rotatable bonds is 4. The fourth-order valence-electron chi connectivity index (χ4n) is 2.68. The zero-order valence-electron chi connectivity index (χ0n) is 13.5. The number of imidazole rings is 1. The van der Waals surface area contributed by atoms with E-state index in [9.17, 15) is 5.11 Å². The Morgan fingerprint density at radius 3 is 2.54 bits per heavy atom. The van der Waals surface area contributed by atoms with Gasteiger partial charge in [0.25, 0.3) is 0 Å². The van der Waals surface area contributed by atoms with Gasteiger partial charge in [-0.3, -0.25) is 0 Å². The van der Waals surface area contributed by atoms with Gasteiger partial charge in [-0.15, -0.1) is 0 Å². The summed E-state index contributed by atoms with van der Waals surface area (Å²) >= 11 is 6.10. The number of nitrogens with zero attached hydrogens (tertiary/aromatic N) is 6. The molecule has 3 aromatic heterocycles. The third-order valence-electron chi connectivity index (χ3n) is 3.94. The molecular weight excluding hydrogens is 354 g/mol. The first-order valence-electron chi connectivity index (χ1n) is 7.81. The van der Waals surface area contributed by atoms with Gasteiger partial charge in [0.1, 0.15) is 11.2 Å². The highest BCUT2D eigenvalue weighted by Gasteiger charge is 2.17. The largest absolute Gasteiger partial charge is 0.387 e. The van der Waals surface area contributed by atoms with E-state index in [1.54, 1.807) is 23.3 Å². The summed E-state index contributed by atoms with van der Waals surface area (Å²) in [5.74, 6) is 0.168. The molecule has 0 aliphatic carbocycles. The second-order valence-corrected chi connectivity index (χ2v) is 6.00. The van der Waals surface area contributed by atoms with Crippen LogP contribution in [-0.4, -0.2) is 34.6 Å². The summed E-state index contributed by atoms with van der Waals surface area (Å²) < 4.78 is 1.74. The first-order valence-corrected chi connectivity index (χ1v) is 8.19. The molecule has 0 aliphatic rings. The number of hydrogen-bond donors (Lipinski definition) is 2. The quantitative estimate of drug-likeness (QED) is 0.531. The number of aliphatic hydroxyl groups is 1. The number of fused-ring (bicyclic) bond motifs is 1. The first-order chi connectivity index (χ1) is 12.6. The molecule has 0 saturated carbocycles. The van der Waals surface area contributed by atoms with Crippen LogP contribution in [0.5, 0.6) is 0 Å². The van der Waals surface area contributed by atoms with Crippen LogP contribution in [0, 0.1) is 0 Å². The van der Waals surface area contributed by atoms with Crippen molar-refractivity contribution in [2.45, 2.75) is 12.6 Å². The van der Waals surface area contributed by atoms with Crippen LogP contribution >= 0.6 is 11.6 Å². The Morgan fingerprint density at radius 2 is 1.81 bits per heavy atom. The normalized spacial score (nSPS) is 12.4. The van der Waals surface area contributed by atoms with Crippen LogP contribution in [0.15, 0.2) is 49.1 Å². The molecule has 9 heteroatoms. The van der Waals surface area contributed by atoms with E-state index in [0.29, 0.717) is 22.4 Å². The zero-order valence-corrected chi connectivity index (χ0v) is 14.2. The number of halogens is 1. The molecule has 130 valence electrons. The maximum absolute atomic E-state index is 10.5. The van der Waals surface area contributed by atoms with Crippen molar-refractivity contribution < 1.29 is 5.11 Å². The number of benzene rings is 1. The van der Waals surface area contributed by atoms with Crippen molar-refractivity contribution in [2.75, 3.05) is 5.73 Å². The van der Waals surface area contributed by atoms with Crippen LogP contribution in [0.3, 0.4) is 0 Å². The van der Waals surface area contributed by atoms with Crippen LogP contribution in [0.2, 0.25) is 5.28 Å². The predicted octanol–water partition coefficient (Wildman–Crippen LogP) is 2.25. The number of nitrogen functional groups attached to an aromatic ring is 1. The van der Waals surface area contributed by atoms with E-state index >= 15 is 0 Å². The minimum Gasteiger partial charge on any atom is -0.387 e. The van der Waals surface area contributed by atoms with Crippen molar-refractivity contribution in [3.63, 3.8) is 0 Å². The standard InChI is InChI=1S/C17H14ClN7O/c18-16-23-13(11-6-20-17(19)21-7-11)14-15(24-16)25(9-22-14)8-12(26)10-4-2-1-3-5-10/h1-7,9,12,26H,8H2,(H2,19,20,21). The van der Waals surface area contributed by atoms with E-state index in [4.69, 9.17) is 17.3 Å². The Labute approximate surface area is 153 Å². The Balaban J connectivity index is 1.75. The summed E-state index contributed by atoms with van der Waals surface area (Å²) in [5.41, 5.74) is 8.54. The second-order valence-electron chi connectivity index (χ2n) is 5.67. The van der Waals surface area contributed by atoms with Crippen molar-refractivity contribution >= 4 is 28.7 Å². The second kappa shape index (κ2) is 6.66. The van der Waals surface area contributed by atoms with Gasteiger partial charge in [-0.1, -0.05) is 30.3 Å². The van der Waals surface area contributed by atoms with Gasteiger partial charge in [0.2, 0.25) is 11.2 Å². The van der Waals surface area contributed by atoms with E-state index in [2.05, 4.69) is 24.9 Å². The Hall–Kier alpha value is -3.10. The molecule has 0 radical (unpaired) electrons. The molecule has 4 rings (SSSR count). The lowest BCUT2D eigenvalue weighted by molar-refractivity contribution is 0.157. The van der Waals surface area contributed by atoms with E-state index in [-0.39, 0.29) is 17.8 Å². The van der Waals surface area contributed by atoms with Gasteiger partial charge in [-0.25, -0.2) is 19.9 Å². The molecule has 1 unspecified atom stereocenters. The maximum atomic E-state index is 10.5. The molecule has 0 fully saturated rings. The fourth-order valence-corrected chi connectivity index (χ4v) is 2.84. The summed E-state index contributed by atoms with van der Waals surface area (Å²) in [6, 6.07) is 9.38. The number of aromatic nitrogens is 6. The molecule has 1 aromatic carbocycles. The Bertz CT molecular complexity index is 1050. The first kappa shape index (κ1) is 16.4. The molecule has 3 N–H and O–H groups in total. The third kappa shape index (κ3) is 3.07. The van der Waals surface area contributed by atoms with Crippen LogP contribution in [0.25, 0.3) is 22.4 Å². The van der Waals surface area contributed by atoms with E-state index in [1.165, 1.54) is 0 Å². The molecule has 3 heterocycles. The van der Waals surface area contributed by atoms with Crippen molar-refractivity contribution in [3.05, 3.63) is 59.9 Å². The summed E-state index contributed by atoms with van der Waals surface area (Å²) in [6.07, 6.45) is 4.01. The molecule has 26 heavy (non-hydrogen) atoms. The van der Waals surface area contributed by atoms with Crippen molar-refractivity contribution in [2.24, 2.45) is 0 Å². The van der Waals surface area contributed by atoms with Gasteiger partial charge < -0.3 is 15.4 Å². The Kier molecular flexibility index (Phi) is 4.19. The predicted molar refractivity (Wildman–Crippen MR) is 97.2 cm³/mol. The van der Waals surface area contributed by atoms with Gasteiger partial charge >= 0.3 is 0 Å². The summed E-state index contributed by atoms with van der Waals surface area (Å²) in [4.78, 5) is 20.8. The molecule has 0 amide bonds. The maximum Gasteiger partial charge on any atom is 0.225 e. The van der Waals surface area contributed by atoms with Gasteiger partial charge in [0.05, 0.1) is 19.0 Å². The highest BCUT2D eigenvalue weighted by Crippen LogP contribution is 2.26. The minimum absolute atomic E-state index is 0.0697. The van der Waals surface area contributed by atoms with E-state index in [1.807, 2.05) is 30.3 Å². The van der Waals surface area contributed by atoms with Crippen LogP contribution in [0.1, 0.15) is 11.7 Å². The smallest absolute Gasteiger partial charge is 0.225 e. The zero-order chi connectivity index (χ0) is 18.1. The lowest BCUT2D eigenvalue weighted by atomic mass is 10.1. The average molecular weight is 368 g/mol. The summed E-state index contributed by atoms with van der Waals surface area (Å²) in [6.45, 7) is 0.283. The molecule has 1 atom stereocenters. The van der Waals surface area contributed by atoms with Crippen molar-refractivity contribution in [3.8, 4) is 11.3 Å². The lowest BCUT2D eigenvalue weighted by Gasteiger charge is -2.12. The average Bonchev–Trinajstić information content (AvgIpc) is 3.05. The van der Waals surface area contributed by atoms with Gasteiger partial charge in [0, 0.05) is 18.0 Å². The minimum atomic E-state index is -0.703. The highest BCUT2D eigenvalue weighted by atomic mass is 35.5. The number of aliphatic hydroxyl groups excluding tert-OH is 1. The molecule has 0 saturated heterocycles. The van der Waals surface area contributed by atoms with Gasteiger partial charge in [0.15, 0.2) is 5.65 Å². The lowest BCUT2D eigenvalue weighted by Crippen LogP contribution is -2.08.